The molecule has 4 rings (SSSR count). The van der Waals surface area contributed by atoms with Crippen LogP contribution >= 0.6 is 15.9 Å². The molecule has 0 atom stereocenters. The molecule has 156 valence electrons. The number of hydrogen-bond donors (Lipinski definition) is 1. The zero-order valence-electron chi connectivity index (χ0n) is 16.8. The van der Waals surface area contributed by atoms with Gasteiger partial charge in [-0.15, -0.1) is 0 Å². The molecule has 1 aliphatic heterocycles. The number of aryl methyl sites for hydroxylation is 1. The van der Waals surface area contributed by atoms with E-state index in [-0.39, 0.29) is 5.57 Å². The highest BCUT2D eigenvalue weighted by Crippen LogP contribution is 2.26. The molecule has 1 N–H and O–H groups in total. The van der Waals surface area contributed by atoms with Gasteiger partial charge in [0.1, 0.15) is 11.3 Å². The maximum absolute atomic E-state index is 13.1. The Hall–Kier alpha value is -3.65. The van der Waals surface area contributed by atoms with Crippen molar-refractivity contribution < 1.29 is 19.1 Å². The first-order valence-electron chi connectivity index (χ1n) is 9.39. The van der Waals surface area contributed by atoms with E-state index in [2.05, 4.69) is 21.2 Å². The summed E-state index contributed by atoms with van der Waals surface area (Å²) in [6.07, 6.45) is 1.49. The largest absolute Gasteiger partial charge is 0.497 e. The van der Waals surface area contributed by atoms with Crippen LogP contribution < -0.4 is 15.0 Å². The van der Waals surface area contributed by atoms with E-state index in [0.717, 1.165) is 22.0 Å². The number of anilines is 1. The van der Waals surface area contributed by atoms with Crippen molar-refractivity contribution in [3.63, 3.8) is 0 Å². The van der Waals surface area contributed by atoms with Gasteiger partial charge in [0.05, 0.1) is 12.8 Å². The second-order valence-corrected chi connectivity index (χ2v) is 7.79. The first kappa shape index (κ1) is 20.6. The second-order valence-electron chi connectivity index (χ2n) is 6.87. The summed E-state index contributed by atoms with van der Waals surface area (Å²) in [6.45, 7) is 1.92. The SMILES string of the molecule is COc1ccc(-n2c(C)ccc2/C=C2\C(=O)NC(=O)N(c3cccc(Br)c3)C2=O)cc1. The van der Waals surface area contributed by atoms with E-state index < -0.39 is 17.8 Å². The van der Waals surface area contributed by atoms with E-state index in [1.165, 1.54) is 6.08 Å². The van der Waals surface area contributed by atoms with E-state index in [9.17, 15) is 14.4 Å². The number of nitrogens with one attached hydrogen (secondary N) is 1. The average Bonchev–Trinajstić information content (AvgIpc) is 3.11. The number of methoxy groups -OCH3 is 1. The molecule has 0 saturated carbocycles. The first-order chi connectivity index (χ1) is 14.9. The molecule has 7 nitrogen and oxygen atoms in total. The lowest BCUT2D eigenvalue weighted by molar-refractivity contribution is -0.122. The Labute approximate surface area is 187 Å². The van der Waals surface area contributed by atoms with Crippen LogP contribution in [0.5, 0.6) is 5.75 Å². The second kappa shape index (κ2) is 8.23. The molecule has 8 heteroatoms. The number of ether oxygens (including phenoxy) is 1. The summed E-state index contributed by atoms with van der Waals surface area (Å²) in [6, 6.07) is 17.1. The van der Waals surface area contributed by atoms with E-state index in [0.29, 0.717) is 15.9 Å². The zero-order valence-corrected chi connectivity index (χ0v) is 18.3. The number of aromatic nitrogens is 1. The molecular formula is C23H18BrN3O4. The van der Waals surface area contributed by atoms with Gasteiger partial charge in [0.2, 0.25) is 0 Å². The van der Waals surface area contributed by atoms with Crippen molar-refractivity contribution in [1.82, 2.24) is 9.88 Å². The van der Waals surface area contributed by atoms with Crippen LogP contribution in [0.4, 0.5) is 10.5 Å². The monoisotopic (exact) mass is 479 g/mol. The predicted molar refractivity (Wildman–Crippen MR) is 120 cm³/mol. The Bertz CT molecular complexity index is 1230. The maximum atomic E-state index is 13.1. The number of amides is 4. The zero-order chi connectivity index (χ0) is 22.1. The minimum absolute atomic E-state index is 0.132. The van der Waals surface area contributed by atoms with Crippen molar-refractivity contribution in [3.05, 3.63) is 82.1 Å². The summed E-state index contributed by atoms with van der Waals surface area (Å²) in [7, 11) is 1.59. The fourth-order valence-corrected chi connectivity index (χ4v) is 3.80. The summed E-state index contributed by atoms with van der Waals surface area (Å²) >= 11 is 3.33. The van der Waals surface area contributed by atoms with Gasteiger partial charge >= 0.3 is 6.03 Å². The van der Waals surface area contributed by atoms with E-state index in [1.807, 2.05) is 47.9 Å². The molecule has 0 unspecified atom stereocenters. The van der Waals surface area contributed by atoms with Crippen LogP contribution in [-0.2, 0) is 9.59 Å². The third kappa shape index (κ3) is 3.89. The van der Waals surface area contributed by atoms with Gasteiger partial charge in [-0.25, -0.2) is 9.69 Å². The Morgan fingerprint density at radius 3 is 2.39 bits per heavy atom. The standard InChI is InChI=1S/C23H18BrN3O4/c1-14-6-7-18(26(14)16-8-10-19(31-2)11-9-16)13-20-21(28)25-23(30)27(22(20)29)17-5-3-4-15(24)12-17/h3-13H,1-2H3,(H,25,28,30)/b20-13+. The van der Waals surface area contributed by atoms with Gasteiger partial charge in [0.25, 0.3) is 11.8 Å². The highest BCUT2D eigenvalue weighted by Gasteiger charge is 2.37. The third-order valence-electron chi connectivity index (χ3n) is 4.90. The molecule has 0 radical (unpaired) electrons. The molecule has 1 aliphatic rings. The van der Waals surface area contributed by atoms with Crippen molar-refractivity contribution >= 4 is 45.5 Å². The summed E-state index contributed by atoms with van der Waals surface area (Å²) in [5, 5.41) is 2.25. The van der Waals surface area contributed by atoms with E-state index >= 15 is 0 Å². The highest BCUT2D eigenvalue weighted by atomic mass is 79.9. The minimum Gasteiger partial charge on any atom is -0.497 e. The number of carbonyl (C=O) groups excluding carboxylic acids is 3. The molecule has 3 aromatic rings. The molecule has 31 heavy (non-hydrogen) atoms. The molecule has 1 saturated heterocycles. The van der Waals surface area contributed by atoms with Crippen LogP contribution in [0.1, 0.15) is 11.4 Å². The van der Waals surface area contributed by atoms with Crippen molar-refractivity contribution in [2.45, 2.75) is 6.92 Å². The molecule has 0 spiro atoms. The number of urea groups is 1. The lowest BCUT2D eigenvalue weighted by Crippen LogP contribution is -2.54. The van der Waals surface area contributed by atoms with Gasteiger partial charge in [-0.1, -0.05) is 22.0 Å². The van der Waals surface area contributed by atoms with Crippen LogP contribution in [0.15, 0.2) is 70.7 Å². The fourth-order valence-electron chi connectivity index (χ4n) is 3.41. The Morgan fingerprint density at radius 2 is 1.71 bits per heavy atom. The smallest absolute Gasteiger partial charge is 0.335 e. The molecule has 1 aromatic heterocycles. The minimum atomic E-state index is -0.785. The summed E-state index contributed by atoms with van der Waals surface area (Å²) in [4.78, 5) is 39.0. The molecule has 2 aromatic carbocycles. The number of rotatable bonds is 4. The van der Waals surface area contributed by atoms with E-state index in [4.69, 9.17) is 4.74 Å². The fraction of sp³-hybridized carbons (Fsp3) is 0.0870. The van der Waals surface area contributed by atoms with Gasteiger partial charge in [0, 0.05) is 21.5 Å². The van der Waals surface area contributed by atoms with Crippen LogP contribution in [-0.4, -0.2) is 29.5 Å². The number of imide groups is 2. The Kier molecular flexibility index (Phi) is 5.48. The normalized spacial score (nSPS) is 15.4. The van der Waals surface area contributed by atoms with Crippen molar-refractivity contribution in [1.29, 1.82) is 0 Å². The van der Waals surface area contributed by atoms with Crippen LogP contribution in [0.25, 0.3) is 11.8 Å². The van der Waals surface area contributed by atoms with Crippen molar-refractivity contribution in [2.24, 2.45) is 0 Å². The molecule has 4 amide bonds. The van der Waals surface area contributed by atoms with Crippen LogP contribution in [0.2, 0.25) is 0 Å². The van der Waals surface area contributed by atoms with Gasteiger partial charge in [-0.2, -0.15) is 0 Å². The lowest BCUT2D eigenvalue weighted by atomic mass is 10.1. The lowest BCUT2D eigenvalue weighted by Gasteiger charge is -2.26. The number of halogens is 1. The molecular weight excluding hydrogens is 462 g/mol. The van der Waals surface area contributed by atoms with Gasteiger partial charge in [0.15, 0.2) is 0 Å². The molecule has 0 aliphatic carbocycles. The van der Waals surface area contributed by atoms with Crippen LogP contribution in [0.3, 0.4) is 0 Å². The first-order valence-corrected chi connectivity index (χ1v) is 10.2. The summed E-state index contributed by atoms with van der Waals surface area (Å²) in [5.41, 5.74) is 2.62. The third-order valence-corrected chi connectivity index (χ3v) is 5.39. The summed E-state index contributed by atoms with van der Waals surface area (Å²) in [5.74, 6) is -0.702. The average molecular weight is 480 g/mol. The maximum Gasteiger partial charge on any atom is 0.335 e. The number of carbonyl (C=O) groups is 3. The van der Waals surface area contributed by atoms with Gasteiger partial charge in [-0.3, -0.25) is 14.9 Å². The number of hydrogen-bond acceptors (Lipinski definition) is 4. The van der Waals surface area contributed by atoms with Gasteiger partial charge in [-0.05, 0) is 67.6 Å². The topological polar surface area (TPSA) is 80.6 Å². The van der Waals surface area contributed by atoms with Crippen LogP contribution in [0, 0.1) is 6.92 Å². The number of benzene rings is 2. The number of nitrogens with zero attached hydrogens (tertiary/aromatic N) is 2. The molecule has 2 heterocycles. The van der Waals surface area contributed by atoms with Gasteiger partial charge < -0.3 is 9.30 Å². The predicted octanol–water partition coefficient (Wildman–Crippen LogP) is 4.22. The quantitative estimate of drug-likeness (QED) is 0.448. The Balaban J connectivity index is 1.76. The van der Waals surface area contributed by atoms with E-state index in [1.54, 1.807) is 31.4 Å². The van der Waals surface area contributed by atoms with Crippen molar-refractivity contribution in [3.8, 4) is 11.4 Å². The Morgan fingerprint density at radius 1 is 0.968 bits per heavy atom. The number of barbiturate groups is 1. The summed E-state index contributed by atoms with van der Waals surface area (Å²) < 4.78 is 7.82. The highest BCUT2D eigenvalue weighted by molar-refractivity contribution is 9.10. The molecule has 1 fully saturated rings. The molecule has 0 bridgehead atoms. The van der Waals surface area contributed by atoms with Crippen molar-refractivity contribution in [2.75, 3.05) is 12.0 Å².